The first-order valence-corrected chi connectivity index (χ1v) is 3.26. The molecule has 1 heteroatoms. The van der Waals surface area contributed by atoms with Gasteiger partial charge in [0.15, 0.2) is 0 Å². The molecule has 0 aliphatic heterocycles. The summed E-state index contributed by atoms with van der Waals surface area (Å²) in [5.41, 5.74) is 0. The Balaban J connectivity index is 3.14. The molecule has 0 radical (unpaired) electrons. The van der Waals surface area contributed by atoms with Crippen molar-refractivity contribution in [3.63, 3.8) is 0 Å². The van der Waals surface area contributed by atoms with Gasteiger partial charge in [0.2, 0.25) is 0 Å². The molecule has 9 heavy (non-hydrogen) atoms. The fourth-order valence-electron chi connectivity index (χ4n) is 0.497. The molecule has 50 valence electrons. The molecule has 0 saturated carbocycles. The fourth-order valence-corrected chi connectivity index (χ4v) is 0.497. The molecule has 0 bridgehead atoms. The van der Waals surface area contributed by atoms with Gasteiger partial charge in [0.25, 0.3) is 0 Å². The van der Waals surface area contributed by atoms with Gasteiger partial charge in [-0.2, -0.15) is 0 Å². The van der Waals surface area contributed by atoms with Crippen molar-refractivity contribution in [3.05, 3.63) is 18.2 Å². The van der Waals surface area contributed by atoms with Gasteiger partial charge in [-0.3, -0.25) is 0 Å². The fraction of sp³-hybridized carbons (Fsp3) is 0.500. The van der Waals surface area contributed by atoms with Gasteiger partial charge < -0.3 is 0 Å². The summed E-state index contributed by atoms with van der Waals surface area (Å²) >= 11 is 0. The van der Waals surface area contributed by atoms with E-state index in [2.05, 4.69) is 13.0 Å². The molecule has 0 saturated heterocycles. The summed E-state index contributed by atoms with van der Waals surface area (Å²) in [6.07, 6.45) is 8.53. The first-order valence-electron chi connectivity index (χ1n) is 3.26. The summed E-state index contributed by atoms with van der Waals surface area (Å²) in [5, 5.41) is 0. The van der Waals surface area contributed by atoms with Gasteiger partial charge in [0.1, 0.15) is 5.94 Å². The third-order valence-corrected chi connectivity index (χ3v) is 0.959. The Kier molecular flexibility index (Phi) is 6.54. The van der Waals surface area contributed by atoms with E-state index in [1.165, 1.54) is 12.5 Å². The van der Waals surface area contributed by atoms with Gasteiger partial charge in [-0.25, -0.2) is 4.79 Å². The van der Waals surface area contributed by atoms with Crippen molar-refractivity contribution in [2.45, 2.75) is 26.2 Å². The summed E-state index contributed by atoms with van der Waals surface area (Å²) in [4.78, 5) is 9.62. The van der Waals surface area contributed by atoms with Gasteiger partial charge >= 0.3 is 0 Å². The standard InChI is InChI=1S/C8H12O/c1-2-3-4-5-6-7-8-9/h4-5,7H,2-3,6H2,1H3. The molecule has 1 nitrogen and oxygen atoms in total. The highest BCUT2D eigenvalue weighted by atomic mass is 16.1. The summed E-state index contributed by atoms with van der Waals surface area (Å²) in [6, 6.07) is 0. The van der Waals surface area contributed by atoms with Crippen LogP contribution < -0.4 is 0 Å². The molecule has 0 fully saturated rings. The molecule has 0 aliphatic rings. The van der Waals surface area contributed by atoms with E-state index in [1.807, 2.05) is 6.08 Å². The Hall–Kier alpha value is -0.810. The second kappa shape index (κ2) is 7.19. The van der Waals surface area contributed by atoms with E-state index in [4.69, 9.17) is 0 Å². The average molecular weight is 124 g/mol. The normalized spacial score (nSPS) is 9.44. The molecule has 0 amide bonds. The lowest BCUT2D eigenvalue weighted by molar-refractivity contribution is 0.568. The van der Waals surface area contributed by atoms with Crippen LogP contribution in [0.3, 0.4) is 0 Å². The maximum Gasteiger partial charge on any atom is 0.120 e. The van der Waals surface area contributed by atoms with Gasteiger partial charge in [-0.15, -0.1) is 0 Å². The summed E-state index contributed by atoms with van der Waals surface area (Å²) in [5.74, 6) is 1.72. The molecule has 0 aliphatic carbocycles. The molecule has 0 spiro atoms. The van der Waals surface area contributed by atoms with E-state index in [0.29, 0.717) is 0 Å². The van der Waals surface area contributed by atoms with E-state index >= 15 is 0 Å². The third-order valence-electron chi connectivity index (χ3n) is 0.959. The third kappa shape index (κ3) is 7.19. The maximum absolute atomic E-state index is 9.62. The Morgan fingerprint density at radius 1 is 1.44 bits per heavy atom. The monoisotopic (exact) mass is 124 g/mol. The van der Waals surface area contributed by atoms with Gasteiger partial charge in [0.05, 0.1) is 0 Å². The number of rotatable bonds is 4. The van der Waals surface area contributed by atoms with Crippen molar-refractivity contribution >= 4 is 5.94 Å². The van der Waals surface area contributed by atoms with E-state index < -0.39 is 0 Å². The van der Waals surface area contributed by atoms with E-state index in [-0.39, 0.29) is 0 Å². The molecule has 0 rings (SSSR count). The molecule has 0 aromatic rings. The van der Waals surface area contributed by atoms with Crippen molar-refractivity contribution in [1.29, 1.82) is 0 Å². The quantitative estimate of drug-likeness (QED) is 0.414. The van der Waals surface area contributed by atoms with Crippen LogP contribution in [0, 0.1) is 0 Å². The van der Waals surface area contributed by atoms with Gasteiger partial charge in [0, 0.05) is 6.08 Å². The van der Waals surface area contributed by atoms with Crippen LogP contribution in [0.2, 0.25) is 0 Å². The van der Waals surface area contributed by atoms with E-state index in [0.717, 1.165) is 12.8 Å². The topological polar surface area (TPSA) is 17.1 Å². The number of allylic oxidation sites excluding steroid dienone is 3. The van der Waals surface area contributed by atoms with Crippen LogP contribution in [0.15, 0.2) is 18.2 Å². The van der Waals surface area contributed by atoms with Crippen LogP contribution >= 0.6 is 0 Å². The second-order valence-corrected chi connectivity index (χ2v) is 1.82. The lowest BCUT2D eigenvalue weighted by Crippen LogP contribution is -1.61. The minimum absolute atomic E-state index is 0.726. The molecular formula is C8H12O. The average Bonchev–Trinajstić information content (AvgIpc) is 1.89. The predicted molar refractivity (Wildman–Crippen MR) is 38.9 cm³/mol. The van der Waals surface area contributed by atoms with E-state index in [1.54, 1.807) is 5.94 Å². The van der Waals surface area contributed by atoms with Crippen LogP contribution in [0.5, 0.6) is 0 Å². The Morgan fingerprint density at radius 3 is 2.78 bits per heavy atom. The first kappa shape index (κ1) is 8.19. The van der Waals surface area contributed by atoms with Crippen LogP contribution in [0.25, 0.3) is 0 Å². The van der Waals surface area contributed by atoms with E-state index in [9.17, 15) is 4.79 Å². The van der Waals surface area contributed by atoms with Crippen molar-refractivity contribution in [1.82, 2.24) is 0 Å². The van der Waals surface area contributed by atoms with Crippen molar-refractivity contribution in [2.24, 2.45) is 0 Å². The minimum Gasteiger partial charge on any atom is -0.234 e. The molecule has 0 aromatic heterocycles. The minimum atomic E-state index is 0.726. The molecule has 0 heterocycles. The smallest absolute Gasteiger partial charge is 0.120 e. The number of hydrogen-bond acceptors (Lipinski definition) is 1. The summed E-state index contributed by atoms with van der Waals surface area (Å²) in [7, 11) is 0. The zero-order chi connectivity index (χ0) is 6.95. The highest BCUT2D eigenvalue weighted by Crippen LogP contribution is 1.90. The number of hydrogen-bond donors (Lipinski definition) is 0. The summed E-state index contributed by atoms with van der Waals surface area (Å²) < 4.78 is 0. The molecular weight excluding hydrogens is 112 g/mol. The lowest BCUT2D eigenvalue weighted by Gasteiger charge is -1.80. The highest BCUT2D eigenvalue weighted by Gasteiger charge is 1.71. The summed E-state index contributed by atoms with van der Waals surface area (Å²) in [6.45, 7) is 2.12. The second-order valence-electron chi connectivity index (χ2n) is 1.82. The van der Waals surface area contributed by atoms with Gasteiger partial charge in [-0.1, -0.05) is 25.5 Å². The molecule has 0 aromatic carbocycles. The molecule has 0 N–H and O–H groups in total. The molecule has 0 atom stereocenters. The number of unbranched alkanes of at least 4 members (excludes halogenated alkanes) is 1. The first-order chi connectivity index (χ1) is 4.41. The SMILES string of the molecule is CCCC=CCC=C=O. The number of carbonyl (C=O) groups excluding carboxylic acids is 1. The molecule has 0 unspecified atom stereocenters. The van der Waals surface area contributed by atoms with Crippen molar-refractivity contribution in [2.75, 3.05) is 0 Å². The maximum atomic E-state index is 9.62. The van der Waals surface area contributed by atoms with Crippen LogP contribution in [0.4, 0.5) is 0 Å². The Morgan fingerprint density at radius 2 is 2.22 bits per heavy atom. The highest BCUT2D eigenvalue weighted by molar-refractivity contribution is 5.45. The Labute approximate surface area is 56.1 Å². The van der Waals surface area contributed by atoms with Crippen LogP contribution in [-0.4, -0.2) is 5.94 Å². The Bertz CT molecular complexity index is 119. The van der Waals surface area contributed by atoms with Crippen molar-refractivity contribution < 1.29 is 4.79 Å². The predicted octanol–water partition coefficient (Wildman–Crippen LogP) is 2.12. The van der Waals surface area contributed by atoms with Crippen LogP contribution in [-0.2, 0) is 4.79 Å². The lowest BCUT2D eigenvalue weighted by atomic mass is 10.3. The zero-order valence-electron chi connectivity index (χ0n) is 5.76. The zero-order valence-corrected chi connectivity index (χ0v) is 5.76. The van der Waals surface area contributed by atoms with Crippen LogP contribution in [0.1, 0.15) is 26.2 Å². The van der Waals surface area contributed by atoms with Gasteiger partial charge in [-0.05, 0) is 12.8 Å². The van der Waals surface area contributed by atoms with Crippen molar-refractivity contribution in [3.8, 4) is 0 Å². The largest absolute Gasteiger partial charge is 0.234 e.